The molecule has 0 saturated carbocycles. The molecule has 4 aliphatic rings. The second kappa shape index (κ2) is 5.70. The fourth-order valence-electron chi connectivity index (χ4n) is 2.98. The molecule has 0 atom stereocenters. The molecule has 2 aromatic carbocycles. The van der Waals surface area contributed by atoms with Crippen molar-refractivity contribution in [3.8, 4) is 0 Å². The van der Waals surface area contributed by atoms with Gasteiger partial charge in [-0.05, 0) is 59.6 Å². The fourth-order valence-corrected chi connectivity index (χ4v) is 2.98. The lowest BCUT2D eigenvalue weighted by Gasteiger charge is -2.14. The van der Waals surface area contributed by atoms with Gasteiger partial charge in [-0.25, -0.2) is 4.79 Å². The summed E-state index contributed by atoms with van der Waals surface area (Å²) in [5, 5.41) is 18.9. The lowest BCUT2D eigenvalue weighted by atomic mass is 9.91. The average Bonchev–Trinajstić information content (AvgIpc) is 2.49. The van der Waals surface area contributed by atoms with Crippen LogP contribution in [0.5, 0.6) is 0 Å². The van der Waals surface area contributed by atoms with Gasteiger partial charge < -0.3 is 10.2 Å². The Labute approximate surface area is 123 Å². The van der Waals surface area contributed by atoms with Crippen molar-refractivity contribution < 1.29 is 15.0 Å². The smallest absolute Gasteiger partial charge is 0.335 e. The molecule has 0 saturated heterocycles. The predicted octanol–water partition coefficient (Wildman–Crippen LogP) is 2.76. The summed E-state index contributed by atoms with van der Waals surface area (Å²) in [6.45, 7) is 0.0343. The number of aliphatic hydroxyl groups excluding tert-OH is 1. The summed E-state index contributed by atoms with van der Waals surface area (Å²) >= 11 is 0. The maximum Gasteiger partial charge on any atom is 0.335 e. The highest BCUT2D eigenvalue weighted by molar-refractivity contribution is 5.89. The number of carboxylic acid groups (broad SMARTS) is 1. The van der Waals surface area contributed by atoms with Crippen LogP contribution in [0, 0.1) is 0 Å². The molecule has 0 heterocycles. The molecule has 0 unspecified atom stereocenters. The summed E-state index contributed by atoms with van der Waals surface area (Å²) in [5.74, 6) is -0.861. The van der Waals surface area contributed by atoms with Crippen molar-refractivity contribution in [2.24, 2.45) is 0 Å². The van der Waals surface area contributed by atoms with Gasteiger partial charge in [0.25, 0.3) is 0 Å². The Morgan fingerprint density at radius 1 is 0.905 bits per heavy atom. The van der Waals surface area contributed by atoms with E-state index < -0.39 is 5.97 Å². The number of benzene rings is 2. The van der Waals surface area contributed by atoms with Gasteiger partial charge in [0.15, 0.2) is 0 Å². The molecule has 0 aromatic heterocycles. The van der Waals surface area contributed by atoms with Crippen LogP contribution in [0.2, 0.25) is 0 Å². The van der Waals surface area contributed by atoms with E-state index in [-0.39, 0.29) is 6.61 Å². The Hall–Kier alpha value is -2.13. The van der Waals surface area contributed by atoms with Crippen molar-refractivity contribution in [3.63, 3.8) is 0 Å². The van der Waals surface area contributed by atoms with Crippen LogP contribution in [-0.4, -0.2) is 16.2 Å². The highest BCUT2D eigenvalue weighted by Crippen LogP contribution is 2.21. The van der Waals surface area contributed by atoms with Crippen LogP contribution in [0.3, 0.4) is 0 Å². The van der Waals surface area contributed by atoms with Crippen LogP contribution in [0.15, 0.2) is 36.4 Å². The molecule has 108 valence electrons. The molecular weight excluding hydrogens is 264 g/mol. The third-order valence-corrected chi connectivity index (χ3v) is 4.21. The Kier molecular flexibility index (Phi) is 3.76. The summed E-state index contributed by atoms with van der Waals surface area (Å²) in [6, 6.07) is 12.0. The molecule has 4 aliphatic carbocycles. The van der Waals surface area contributed by atoms with Crippen molar-refractivity contribution >= 4 is 5.97 Å². The van der Waals surface area contributed by atoms with E-state index in [0.29, 0.717) is 12.0 Å². The maximum absolute atomic E-state index is 11.4. The Balaban J connectivity index is 2.05. The topological polar surface area (TPSA) is 57.5 Å². The molecule has 0 aliphatic heterocycles. The molecule has 3 nitrogen and oxygen atoms in total. The first-order valence-corrected chi connectivity index (χ1v) is 7.24. The number of aliphatic hydroxyl groups is 1. The molecule has 4 bridgehead atoms. The summed E-state index contributed by atoms with van der Waals surface area (Å²) in [5.41, 5.74) is 5.56. The molecule has 0 radical (unpaired) electrons. The minimum Gasteiger partial charge on any atom is -0.478 e. The summed E-state index contributed by atoms with van der Waals surface area (Å²) < 4.78 is 0. The van der Waals surface area contributed by atoms with Gasteiger partial charge in [0.2, 0.25) is 0 Å². The molecular formula is C18H18O3. The summed E-state index contributed by atoms with van der Waals surface area (Å²) in [4.78, 5) is 11.4. The van der Waals surface area contributed by atoms with Gasteiger partial charge in [0.05, 0.1) is 12.2 Å². The van der Waals surface area contributed by atoms with E-state index in [0.717, 1.165) is 41.5 Å². The van der Waals surface area contributed by atoms with Crippen LogP contribution in [-0.2, 0) is 32.3 Å². The zero-order valence-corrected chi connectivity index (χ0v) is 11.8. The quantitative estimate of drug-likeness (QED) is 0.890. The Morgan fingerprint density at radius 2 is 1.52 bits per heavy atom. The molecule has 0 amide bonds. The zero-order chi connectivity index (χ0) is 14.8. The van der Waals surface area contributed by atoms with Crippen molar-refractivity contribution in [2.45, 2.75) is 32.3 Å². The van der Waals surface area contributed by atoms with Gasteiger partial charge in [-0.2, -0.15) is 0 Å². The Morgan fingerprint density at radius 3 is 2.19 bits per heavy atom. The number of aryl methyl sites for hydroxylation is 4. The SMILES string of the molecule is O=C(O)c1cc2ccc1CCc1ccc(cc1CO)CC2. The first-order chi connectivity index (χ1) is 10.2. The second-order valence-corrected chi connectivity index (χ2v) is 5.56. The molecule has 0 fully saturated rings. The van der Waals surface area contributed by atoms with E-state index in [1.54, 1.807) is 6.07 Å². The van der Waals surface area contributed by atoms with Crippen molar-refractivity contribution in [1.29, 1.82) is 0 Å². The lowest BCUT2D eigenvalue weighted by Crippen LogP contribution is -2.08. The number of hydrogen-bond donors (Lipinski definition) is 2. The normalized spacial score (nSPS) is 13.8. The number of carbonyl (C=O) groups is 1. The van der Waals surface area contributed by atoms with Gasteiger partial charge in [-0.1, -0.05) is 30.3 Å². The van der Waals surface area contributed by atoms with Gasteiger partial charge in [0, 0.05) is 0 Å². The van der Waals surface area contributed by atoms with Gasteiger partial charge in [-0.15, -0.1) is 0 Å². The average molecular weight is 282 g/mol. The van der Waals surface area contributed by atoms with Crippen LogP contribution in [0.1, 0.15) is 38.2 Å². The second-order valence-electron chi connectivity index (χ2n) is 5.56. The van der Waals surface area contributed by atoms with Crippen LogP contribution < -0.4 is 0 Å². The molecule has 3 heteroatoms. The van der Waals surface area contributed by atoms with Crippen LogP contribution >= 0.6 is 0 Å². The van der Waals surface area contributed by atoms with Crippen molar-refractivity contribution in [1.82, 2.24) is 0 Å². The van der Waals surface area contributed by atoms with E-state index >= 15 is 0 Å². The van der Waals surface area contributed by atoms with Crippen LogP contribution in [0.4, 0.5) is 0 Å². The van der Waals surface area contributed by atoms with Gasteiger partial charge in [0.1, 0.15) is 0 Å². The standard InChI is InChI=1S/C18H18O3/c19-11-16-9-12-1-2-13-4-6-15(17(10-13)18(20)21)8-7-14(16)5-3-12/h3-6,9-10,19H,1-2,7-8,11H2,(H,20,21). The molecule has 2 aromatic rings. The van der Waals surface area contributed by atoms with E-state index in [2.05, 4.69) is 18.2 Å². The molecule has 6 rings (SSSR count). The van der Waals surface area contributed by atoms with Gasteiger partial charge >= 0.3 is 5.97 Å². The first kappa shape index (κ1) is 13.8. The number of hydrogen-bond acceptors (Lipinski definition) is 2. The first-order valence-electron chi connectivity index (χ1n) is 7.24. The third kappa shape index (κ3) is 2.83. The Bertz CT molecular complexity index is 689. The number of rotatable bonds is 2. The third-order valence-electron chi connectivity index (χ3n) is 4.21. The number of carboxylic acids is 1. The molecule has 2 N–H and O–H groups in total. The lowest BCUT2D eigenvalue weighted by molar-refractivity contribution is 0.0695. The van der Waals surface area contributed by atoms with E-state index in [1.165, 1.54) is 5.56 Å². The predicted molar refractivity (Wildman–Crippen MR) is 80.6 cm³/mol. The fraction of sp³-hybridized carbons (Fsp3) is 0.278. The van der Waals surface area contributed by atoms with Gasteiger partial charge in [-0.3, -0.25) is 0 Å². The number of aromatic carboxylic acids is 1. The minimum atomic E-state index is -0.861. The van der Waals surface area contributed by atoms with E-state index in [4.69, 9.17) is 0 Å². The van der Waals surface area contributed by atoms with E-state index in [1.807, 2.05) is 12.1 Å². The largest absolute Gasteiger partial charge is 0.478 e. The maximum atomic E-state index is 11.4. The summed E-state index contributed by atoms with van der Waals surface area (Å²) in [7, 11) is 0. The van der Waals surface area contributed by atoms with Crippen molar-refractivity contribution in [3.05, 3.63) is 69.8 Å². The van der Waals surface area contributed by atoms with E-state index in [9.17, 15) is 15.0 Å². The summed E-state index contributed by atoms with van der Waals surface area (Å²) in [6.07, 6.45) is 3.08. The highest BCUT2D eigenvalue weighted by Gasteiger charge is 2.13. The van der Waals surface area contributed by atoms with Crippen molar-refractivity contribution in [2.75, 3.05) is 0 Å². The highest BCUT2D eigenvalue weighted by atomic mass is 16.4. The minimum absolute atomic E-state index is 0.0343. The zero-order valence-electron chi connectivity index (χ0n) is 11.8. The monoisotopic (exact) mass is 282 g/mol. The van der Waals surface area contributed by atoms with Crippen LogP contribution in [0.25, 0.3) is 0 Å². The molecule has 0 spiro atoms. The molecule has 21 heavy (non-hydrogen) atoms.